The minimum Gasteiger partial charge on any atom is -0.312 e. The molecule has 2 aliphatic heterocycles. The number of hydrogen-bond donors (Lipinski definition) is 0. The predicted octanol–water partition coefficient (Wildman–Crippen LogP) is 1.92. The van der Waals surface area contributed by atoms with Crippen molar-refractivity contribution in [2.24, 2.45) is 0 Å². The second kappa shape index (κ2) is 7.05. The summed E-state index contributed by atoms with van der Waals surface area (Å²) in [5.41, 5.74) is 0.781. The molecule has 1 aromatic rings. The van der Waals surface area contributed by atoms with E-state index in [0.29, 0.717) is 31.0 Å². The Labute approximate surface area is 150 Å². The number of carbonyl (C=O) groups excluding carboxylic acids is 1. The molecule has 3 rings (SSSR count). The van der Waals surface area contributed by atoms with Gasteiger partial charge in [-0.2, -0.15) is 4.31 Å². The van der Waals surface area contributed by atoms with Crippen LogP contribution in [0.3, 0.4) is 0 Å². The van der Waals surface area contributed by atoms with E-state index >= 15 is 0 Å². The van der Waals surface area contributed by atoms with Crippen molar-refractivity contribution >= 4 is 21.6 Å². The summed E-state index contributed by atoms with van der Waals surface area (Å²) in [5.74, 6) is 0.114. The van der Waals surface area contributed by atoms with Crippen LogP contribution in [0, 0.1) is 0 Å². The maximum Gasteiger partial charge on any atom is 0.243 e. The van der Waals surface area contributed by atoms with Gasteiger partial charge in [-0.05, 0) is 58.0 Å². The van der Waals surface area contributed by atoms with Crippen LogP contribution in [-0.4, -0.2) is 62.3 Å². The highest BCUT2D eigenvalue weighted by atomic mass is 32.2. The van der Waals surface area contributed by atoms with Crippen LogP contribution in [0.2, 0.25) is 0 Å². The normalized spacial score (nSPS) is 26.8. The summed E-state index contributed by atoms with van der Waals surface area (Å²) < 4.78 is 27.5. The Hall–Kier alpha value is -1.44. The number of sulfonamides is 1. The van der Waals surface area contributed by atoms with Crippen LogP contribution in [0.1, 0.15) is 33.1 Å². The monoisotopic (exact) mass is 365 g/mol. The molecule has 2 heterocycles. The van der Waals surface area contributed by atoms with E-state index < -0.39 is 10.0 Å². The molecule has 7 heteroatoms. The number of likely N-dealkylation sites (N-methyl/N-ethyl adjacent to an activating group) is 1. The Kier molecular flexibility index (Phi) is 5.18. The topological polar surface area (TPSA) is 60.9 Å². The smallest absolute Gasteiger partial charge is 0.243 e. The first-order valence-electron chi connectivity index (χ1n) is 8.93. The average Bonchev–Trinajstić information content (AvgIpc) is 2.59. The third-order valence-electron chi connectivity index (χ3n) is 5.44. The van der Waals surface area contributed by atoms with Gasteiger partial charge in [0.1, 0.15) is 0 Å². The second-order valence-electron chi connectivity index (χ2n) is 7.18. The van der Waals surface area contributed by atoms with Crippen LogP contribution in [0.15, 0.2) is 29.2 Å². The van der Waals surface area contributed by atoms with Crippen molar-refractivity contribution < 1.29 is 13.2 Å². The van der Waals surface area contributed by atoms with E-state index in [1.807, 2.05) is 20.9 Å². The summed E-state index contributed by atoms with van der Waals surface area (Å²) in [6, 6.07) is 7.12. The highest BCUT2D eigenvalue weighted by Crippen LogP contribution is 2.26. The Morgan fingerprint density at radius 2 is 1.60 bits per heavy atom. The van der Waals surface area contributed by atoms with Gasteiger partial charge in [0.05, 0.1) is 4.90 Å². The van der Waals surface area contributed by atoms with Gasteiger partial charge < -0.3 is 4.90 Å². The van der Waals surface area contributed by atoms with E-state index in [1.54, 1.807) is 33.5 Å². The predicted molar refractivity (Wildman–Crippen MR) is 98.1 cm³/mol. The summed E-state index contributed by atoms with van der Waals surface area (Å²) in [6.07, 6.45) is 2.49. The minimum atomic E-state index is -3.51. The number of anilines is 1. The lowest BCUT2D eigenvalue weighted by Gasteiger charge is -2.41. The SMILES string of the molecule is CC1CN(S(=O)(=O)c2ccc(N3CCCCC3=O)cc2)CC(C)N1C. The van der Waals surface area contributed by atoms with Crippen LogP contribution in [0.4, 0.5) is 5.69 Å². The molecular formula is C18H27N3O3S. The lowest BCUT2D eigenvalue weighted by molar-refractivity contribution is -0.119. The zero-order valence-electron chi connectivity index (χ0n) is 15.2. The third-order valence-corrected chi connectivity index (χ3v) is 7.28. The molecule has 0 spiro atoms. The maximum absolute atomic E-state index is 13.0. The zero-order valence-corrected chi connectivity index (χ0v) is 16.0. The van der Waals surface area contributed by atoms with E-state index in [0.717, 1.165) is 18.5 Å². The Balaban J connectivity index is 1.80. The molecule has 2 aliphatic rings. The van der Waals surface area contributed by atoms with E-state index in [2.05, 4.69) is 4.90 Å². The third kappa shape index (κ3) is 3.59. The molecule has 2 saturated heterocycles. The fraction of sp³-hybridized carbons (Fsp3) is 0.611. The van der Waals surface area contributed by atoms with Crippen molar-refractivity contribution in [3.8, 4) is 0 Å². The summed E-state index contributed by atoms with van der Waals surface area (Å²) in [6.45, 7) is 5.79. The molecule has 0 saturated carbocycles. The molecule has 1 aromatic carbocycles. The van der Waals surface area contributed by atoms with E-state index in [1.165, 1.54) is 0 Å². The van der Waals surface area contributed by atoms with E-state index in [-0.39, 0.29) is 18.0 Å². The molecule has 25 heavy (non-hydrogen) atoms. The molecule has 6 nitrogen and oxygen atoms in total. The van der Waals surface area contributed by atoms with Gasteiger partial charge in [-0.15, -0.1) is 0 Å². The fourth-order valence-corrected chi connectivity index (χ4v) is 5.18. The first kappa shape index (κ1) is 18.4. The standard InChI is InChI=1S/C18H27N3O3S/c1-14-12-20(13-15(2)19(14)3)25(23,24)17-9-7-16(8-10-17)21-11-5-4-6-18(21)22/h7-10,14-15H,4-6,11-13H2,1-3H3. The Bertz CT molecular complexity index is 720. The summed E-state index contributed by atoms with van der Waals surface area (Å²) in [4.78, 5) is 16.3. The van der Waals surface area contributed by atoms with Crippen LogP contribution >= 0.6 is 0 Å². The van der Waals surface area contributed by atoms with Gasteiger partial charge in [-0.25, -0.2) is 8.42 Å². The molecular weight excluding hydrogens is 338 g/mol. The first-order valence-corrected chi connectivity index (χ1v) is 10.4. The zero-order chi connectivity index (χ0) is 18.2. The molecule has 0 aliphatic carbocycles. The molecule has 138 valence electrons. The maximum atomic E-state index is 13.0. The van der Waals surface area contributed by atoms with Crippen LogP contribution in [-0.2, 0) is 14.8 Å². The van der Waals surface area contributed by atoms with Crippen molar-refractivity contribution in [3.63, 3.8) is 0 Å². The molecule has 2 atom stereocenters. The molecule has 0 N–H and O–H groups in total. The van der Waals surface area contributed by atoms with Gasteiger partial charge in [-0.1, -0.05) is 0 Å². The summed E-state index contributed by atoms with van der Waals surface area (Å²) in [7, 11) is -1.48. The molecule has 2 unspecified atom stereocenters. The molecule has 2 fully saturated rings. The van der Waals surface area contributed by atoms with Gasteiger partial charge in [0, 0.05) is 43.8 Å². The Morgan fingerprint density at radius 1 is 1.00 bits per heavy atom. The highest BCUT2D eigenvalue weighted by Gasteiger charge is 2.34. The molecule has 0 aromatic heterocycles. The average molecular weight is 365 g/mol. The number of piperidine rings is 1. The molecule has 0 bridgehead atoms. The molecule has 0 radical (unpaired) electrons. The van der Waals surface area contributed by atoms with E-state index in [4.69, 9.17) is 0 Å². The van der Waals surface area contributed by atoms with Crippen LogP contribution in [0.5, 0.6) is 0 Å². The van der Waals surface area contributed by atoms with Gasteiger partial charge >= 0.3 is 0 Å². The fourth-order valence-electron chi connectivity index (χ4n) is 3.58. The quantitative estimate of drug-likeness (QED) is 0.821. The van der Waals surface area contributed by atoms with Gasteiger partial charge in [0.25, 0.3) is 0 Å². The minimum absolute atomic E-state index is 0.114. The number of rotatable bonds is 3. The van der Waals surface area contributed by atoms with Crippen LogP contribution < -0.4 is 4.90 Å². The number of nitrogens with zero attached hydrogens (tertiary/aromatic N) is 3. The Morgan fingerprint density at radius 3 is 2.16 bits per heavy atom. The number of hydrogen-bond acceptors (Lipinski definition) is 4. The summed E-state index contributed by atoms with van der Waals surface area (Å²) in [5, 5.41) is 0. The van der Waals surface area contributed by atoms with Crippen molar-refractivity contribution in [3.05, 3.63) is 24.3 Å². The van der Waals surface area contributed by atoms with E-state index in [9.17, 15) is 13.2 Å². The first-order chi connectivity index (χ1) is 11.8. The number of piperazine rings is 1. The van der Waals surface area contributed by atoms with Crippen LogP contribution in [0.25, 0.3) is 0 Å². The van der Waals surface area contributed by atoms with Crippen molar-refractivity contribution in [1.82, 2.24) is 9.21 Å². The highest BCUT2D eigenvalue weighted by molar-refractivity contribution is 7.89. The molecule has 1 amide bonds. The van der Waals surface area contributed by atoms with Gasteiger partial charge in [-0.3, -0.25) is 9.69 Å². The summed E-state index contributed by atoms with van der Waals surface area (Å²) >= 11 is 0. The lowest BCUT2D eigenvalue weighted by atomic mass is 10.1. The lowest BCUT2D eigenvalue weighted by Crippen LogP contribution is -2.56. The van der Waals surface area contributed by atoms with Crippen molar-refractivity contribution in [2.45, 2.75) is 50.1 Å². The van der Waals surface area contributed by atoms with Crippen molar-refractivity contribution in [1.29, 1.82) is 0 Å². The number of carbonyl (C=O) groups is 1. The largest absolute Gasteiger partial charge is 0.312 e. The second-order valence-corrected chi connectivity index (χ2v) is 9.12. The van der Waals surface area contributed by atoms with Crippen molar-refractivity contribution in [2.75, 3.05) is 31.6 Å². The number of benzene rings is 1. The van der Waals surface area contributed by atoms with Gasteiger partial charge in [0.15, 0.2) is 0 Å². The van der Waals surface area contributed by atoms with Gasteiger partial charge in [0.2, 0.25) is 15.9 Å². The number of amides is 1.